The average Bonchev–Trinajstić information content (AvgIpc) is 2.78. The summed E-state index contributed by atoms with van der Waals surface area (Å²) < 4.78 is 26.8. The first-order valence-electron chi connectivity index (χ1n) is 9.73. The number of nitrogens with zero attached hydrogens (tertiary/aromatic N) is 2. The molecule has 3 aromatic rings. The van der Waals surface area contributed by atoms with Crippen molar-refractivity contribution in [2.45, 2.75) is 16.3 Å². The van der Waals surface area contributed by atoms with Gasteiger partial charge in [0.2, 0.25) is 0 Å². The molecule has 0 atom stereocenters. The zero-order valence-corrected chi connectivity index (χ0v) is 20.7. The fourth-order valence-corrected chi connectivity index (χ4v) is 5.67. The Labute approximate surface area is 203 Å². The van der Waals surface area contributed by atoms with E-state index in [4.69, 9.17) is 9.17 Å². The van der Waals surface area contributed by atoms with Crippen molar-refractivity contribution in [3.8, 4) is 28.5 Å². The highest BCUT2D eigenvalue weighted by molar-refractivity contribution is 8.16. The second kappa shape index (κ2) is 11.8. The maximum absolute atomic E-state index is 11.0. The summed E-state index contributed by atoms with van der Waals surface area (Å²) in [6.07, 6.45) is 1.67. The summed E-state index contributed by atoms with van der Waals surface area (Å²) in [6, 6.07) is 21.8. The molecule has 0 N–H and O–H groups in total. The van der Waals surface area contributed by atoms with E-state index in [2.05, 4.69) is 18.7 Å². The molecular formula is C23H22N2O3S4. The van der Waals surface area contributed by atoms with E-state index in [0.29, 0.717) is 22.1 Å². The summed E-state index contributed by atoms with van der Waals surface area (Å²) in [4.78, 5) is 5.62. The van der Waals surface area contributed by atoms with E-state index >= 15 is 0 Å². The molecule has 0 aliphatic carbocycles. The number of hydrogen-bond donors (Lipinski definition) is 1. The van der Waals surface area contributed by atoms with Crippen molar-refractivity contribution in [1.29, 1.82) is 5.26 Å². The number of aromatic nitrogens is 1. The summed E-state index contributed by atoms with van der Waals surface area (Å²) in [5.41, 5.74) is 4.01. The minimum Gasteiger partial charge on any atom is -0.270 e. The van der Waals surface area contributed by atoms with Crippen LogP contribution in [-0.4, -0.2) is 37.1 Å². The van der Waals surface area contributed by atoms with Crippen molar-refractivity contribution < 1.29 is 12.6 Å². The molecule has 0 unspecified atom stereocenters. The van der Waals surface area contributed by atoms with Gasteiger partial charge >= 0.3 is 0 Å². The lowest BCUT2D eigenvalue weighted by atomic mass is 9.99. The molecule has 0 bridgehead atoms. The van der Waals surface area contributed by atoms with Crippen molar-refractivity contribution in [3.63, 3.8) is 0 Å². The summed E-state index contributed by atoms with van der Waals surface area (Å²) in [5, 5.41) is 11.3. The third kappa shape index (κ3) is 7.02. The van der Waals surface area contributed by atoms with Gasteiger partial charge in [0.15, 0.2) is 0 Å². The van der Waals surface area contributed by atoms with E-state index < -0.39 is 10.1 Å². The third-order valence-electron chi connectivity index (χ3n) is 4.37. The standard InChI is InChI=1S/C23H22N2O3S4/c1-32(26,27)28-12-7-13-30-16-31-23-20(15-24)19(17-8-3-2-4-9-17)14-21(25-23)18-10-5-6-11-22(18)29/h2-6,8-11,14,29H,7,12-13,16H2,1H3. The van der Waals surface area contributed by atoms with E-state index in [0.717, 1.165) is 39.3 Å². The third-order valence-corrected chi connectivity index (χ3v) is 7.64. The van der Waals surface area contributed by atoms with Crippen LogP contribution in [0.25, 0.3) is 22.4 Å². The van der Waals surface area contributed by atoms with Gasteiger partial charge < -0.3 is 0 Å². The fourth-order valence-electron chi connectivity index (χ4n) is 2.94. The molecule has 1 heterocycles. The first kappa shape index (κ1) is 24.7. The zero-order chi connectivity index (χ0) is 23.0. The molecule has 3 rings (SSSR count). The van der Waals surface area contributed by atoms with Crippen LogP contribution in [0.15, 0.2) is 70.6 Å². The Hall–Kier alpha value is -1.96. The summed E-state index contributed by atoms with van der Waals surface area (Å²) in [7, 11) is -3.40. The Kier molecular flexibility index (Phi) is 9.08. The number of rotatable bonds is 10. The van der Waals surface area contributed by atoms with Crippen LogP contribution in [0.5, 0.6) is 0 Å². The first-order chi connectivity index (χ1) is 15.4. The highest BCUT2D eigenvalue weighted by Crippen LogP contribution is 2.36. The lowest BCUT2D eigenvalue weighted by molar-refractivity contribution is 0.323. The quantitative estimate of drug-likeness (QED) is 0.125. The minimum absolute atomic E-state index is 0.171. The maximum Gasteiger partial charge on any atom is 0.264 e. The van der Waals surface area contributed by atoms with Gasteiger partial charge in [-0.1, -0.05) is 60.3 Å². The number of thiol groups is 1. The van der Waals surface area contributed by atoms with Gasteiger partial charge in [0.25, 0.3) is 10.1 Å². The Morgan fingerprint density at radius 3 is 2.50 bits per heavy atom. The Balaban J connectivity index is 1.84. The molecule has 9 heteroatoms. The molecule has 5 nitrogen and oxygen atoms in total. The van der Waals surface area contributed by atoms with E-state index in [1.807, 2.05) is 60.7 Å². The van der Waals surface area contributed by atoms with Gasteiger partial charge in [0.05, 0.1) is 24.1 Å². The molecule has 0 fully saturated rings. The largest absolute Gasteiger partial charge is 0.270 e. The van der Waals surface area contributed by atoms with Crippen LogP contribution in [0.1, 0.15) is 12.0 Å². The van der Waals surface area contributed by atoms with Gasteiger partial charge in [0.1, 0.15) is 11.1 Å². The Morgan fingerprint density at radius 2 is 1.81 bits per heavy atom. The van der Waals surface area contributed by atoms with Crippen molar-refractivity contribution in [2.24, 2.45) is 0 Å². The molecule has 0 aliphatic heterocycles. The SMILES string of the molecule is CS(=O)(=O)OCCCSCSc1nc(-c2ccccc2S)cc(-c2ccccc2)c1C#N. The monoisotopic (exact) mass is 502 g/mol. The van der Waals surface area contributed by atoms with E-state index in [1.165, 1.54) is 11.8 Å². The van der Waals surface area contributed by atoms with Crippen molar-refractivity contribution >= 4 is 46.3 Å². The fraction of sp³-hybridized carbons (Fsp3) is 0.217. The molecule has 1 aromatic heterocycles. The Bertz CT molecular complexity index is 1210. The zero-order valence-electron chi connectivity index (χ0n) is 17.4. The lowest BCUT2D eigenvalue weighted by Crippen LogP contribution is -2.04. The van der Waals surface area contributed by atoms with Crippen LogP contribution >= 0.6 is 36.2 Å². The number of pyridine rings is 1. The molecule has 32 heavy (non-hydrogen) atoms. The van der Waals surface area contributed by atoms with Gasteiger partial charge in [-0.3, -0.25) is 4.18 Å². The lowest BCUT2D eigenvalue weighted by Gasteiger charge is -2.13. The molecule has 2 aromatic carbocycles. The van der Waals surface area contributed by atoms with Crippen LogP contribution in [-0.2, 0) is 14.3 Å². The van der Waals surface area contributed by atoms with Crippen LogP contribution in [0, 0.1) is 11.3 Å². The topological polar surface area (TPSA) is 80.1 Å². The number of nitriles is 1. The number of hydrogen-bond acceptors (Lipinski definition) is 8. The average molecular weight is 503 g/mol. The molecule has 0 spiro atoms. The highest BCUT2D eigenvalue weighted by atomic mass is 32.2. The van der Waals surface area contributed by atoms with E-state index in [9.17, 15) is 13.7 Å². The van der Waals surface area contributed by atoms with Crippen LogP contribution in [0.3, 0.4) is 0 Å². The molecule has 0 aliphatic rings. The summed E-state index contributed by atoms with van der Waals surface area (Å²) in [6.45, 7) is 0.171. The predicted octanol–water partition coefficient (Wildman–Crippen LogP) is 5.73. The van der Waals surface area contributed by atoms with Crippen molar-refractivity contribution in [1.82, 2.24) is 4.98 Å². The van der Waals surface area contributed by atoms with Crippen molar-refractivity contribution in [2.75, 3.05) is 23.7 Å². The molecule has 0 amide bonds. The Morgan fingerprint density at radius 1 is 1.09 bits per heavy atom. The second-order valence-electron chi connectivity index (χ2n) is 6.78. The second-order valence-corrected chi connectivity index (χ2v) is 11.3. The van der Waals surface area contributed by atoms with Gasteiger partial charge in [-0.05, 0) is 29.9 Å². The van der Waals surface area contributed by atoms with E-state index in [1.54, 1.807) is 11.8 Å². The van der Waals surface area contributed by atoms with Crippen LogP contribution < -0.4 is 0 Å². The van der Waals surface area contributed by atoms with E-state index in [-0.39, 0.29) is 6.61 Å². The van der Waals surface area contributed by atoms with Crippen molar-refractivity contribution in [3.05, 3.63) is 66.2 Å². The molecule has 0 radical (unpaired) electrons. The summed E-state index contributed by atoms with van der Waals surface area (Å²) >= 11 is 7.73. The van der Waals surface area contributed by atoms with Gasteiger partial charge in [0, 0.05) is 21.1 Å². The highest BCUT2D eigenvalue weighted by Gasteiger charge is 2.16. The number of thioether (sulfide) groups is 2. The minimum atomic E-state index is -3.40. The molecule has 0 saturated heterocycles. The van der Waals surface area contributed by atoms with Crippen LogP contribution in [0.2, 0.25) is 0 Å². The molecule has 0 saturated carbocycles. The van der Waals surface area contributed by atoms with Crippen LogP contribution in [0.4, 0.5) is 0 Å². The summed E-state index contributed by atoms with van der Waals surface area (Å²) in [5.74, 6) is 0.745. The molecule has 166 valence electrons. The first-order valence-corrected chi connectivity index (χ1v) is 14.1. The molecular weight excluding hydrogens is 481 g/mol. The number of benzene rings is 2. The maximum atomic E-state index is 11.0. The normalized spacial score (nSPS) is 11.3. The predicted molar refractivity (Wildman–Crippen MR) is 136 cm³/mol. The van der Waals surface area contributed by atoms with Gasteiger partial charge in [-0.25, -0.2) is 4.98 Å². The van der Waals surface area contributed by atoms with Gasteiger partial charge in [-0.15, -0.1) is 12.6 Å². The van der Waals surface area contributed by atoms with Gasteiger partial charge in [-0.2, -0.15) is 25.4 Å². The smallest absolute Gasteiger partial charge is 0.264 e.